The molecule has 1 aliphatic rings. The lowest BCUT2D eigenvalue weighted by atomic mass is 9.79. The van der Waals surface area contributed by atoms with Gasteiger partial charge in [-0.1, -0.05) is 0 Å². The number of benzene rings is 1. The second kappa shape index (κ2) is 8.73. The number of nitrogens with zero attached hydrogens (tertiary/aromatic N) is 3. The average Bonchev–Trinajstić information content (AvgIpc) is 3.47. The number of alkyl halides is 2. The Hall–Kier alpha value is -3.44. The quantitative estimate of drug-likeness (QED) is 0.295. The predicted molar refractivity (Wildman–Crippen MR) is 123 cm³/mol. The van der Waals surface area contributed by atoms with E-state index in [9.17, 15) is 23.8 Å². The molecular weight excluding hydrogens is 464 g/mol. The third-order valence-corrected chi connectivity index (χ3v) is 7.39. The molecule has 1 saturated carbocycles. The normalized spacial score (nSPS) is 20.6. The van der Waals surface area contributed by atoms with Crippen LogP contribution >= 0.6 is 11.3 Å². The largest absolute Gasteiger partial charge is 0.481 e. The van der Waals surface area contributed by atoms with Crippen molar-refractivity contribution < 1.29 is 23.8 Å². The number of H-pyrrole nitrogens is 1. The molecule has 8 nitrogen and oxygen atoms in total. The summed E-state index contributed by atoms with van der Waals surface area (Å²) in [6, 6.07) is 6.70. The Bertz CT molecular complexity index is 1350. The molecule has 0 unspecified atom stereocenters. The van der Waals surface area contributed by atoms with Gasteiger partial charge in [-0.2, -0.15) is 0 Å². The molecule has 11 heteroatoms. The van der Waals surface area contributed by atoms with Crippen molar-refractivity contribution in [2.45, 2.75) is 37.7 Å². The van der Waals surface area contributed by atoms with E-state index in [4.69, 9.17) is 0 Å². The first-order valence-electron chi connectivity index (χ1n) is 10.7. The molecule has 1 aliphatic carbocycles. The van der Waals surface area contributed by atoms with Crippen molar-refractivity contribution in [1.82, 2.24) is 19.9 Å². The van der Waals surface area contributed by atoms with Crippen molar-refractivity contribution >= 4 is 39.8 Å². The number of carbonyl (C=O) groups is 1. The summed E-state index contributed by atoms with van der Waals surface area (Å²) >= 11 is 1.38. The molecule has 176 valence electrons. The zero-order valence-electron chi connectivity index (χ0n) is 17.8. The molecule has 0 radical (unpaired) electrons. The van der Waals surface area contributed by atoms with Gasteiger partial charge < -0.3 is 20.5 Å². The predicted octanol–water partition coefficient (Wildman–Crippen LogP) is 5.23. The average molecular weight is 486 g/mol. The number of carboxylic acids is 1. The molecule has 4 aromatic rings. The summed E-state index contributed by atoms with van der Waals surface area (Å²) in [5.41, 5.74) is 0.912. The smallest absolute Gasteiger partial charge is 0.306 e. The molecule has 34 heavy (non-hydrogen) atoms. The molecule has 0 amide bonds. The number of aromatic nitrogens is 4. The van der Waals surface area contributed by atoms with Crippen LogP contribution < -0.4 is 5.32 Å². The van der Waals surface area contributed by atoms with Gasteiger partial charge in [0.05, 0.1) is 10.8 Å². The van der Waals surface area contributed by atoms with Crippen LogP contribution in [-0.2, 0) is 10.4 Å². The van der Waals surface area contributed by atoms with Crippen molar-refractivity contribution in [3.05, 3.63) is 53.6 Å². The van der Waals surface area contributed by atoms with Crippen molar-refractivity contribution in [3.8, 4) is 10.4 Å². The van der Waals surface area contributed by atoms with Gasteiger partial charge in [0.25, 0.3) is 6.43 Å². The summed E-state index contributed by atoms with van der Waals surface area (Å²) in [5.74, 6) is -1.17. The Kier molecular flexibility index (Phi) is 5.74. The topological polar surface area (TPSA) is 124 Å². The van der Waals surface area contributed by atoms with Crippen LogP contribution in [-0.4, -0.2) is 36.1 Å². The highest BCUT2D eigenvalue weighted by Gasteiger charge is 2.39. The van der Waals surface area contributed by atoms with Crippen LogP contribution in [0.5, 0.6) is 0 Å². The van der Waals surface area contributed by atoms with Gasteiger partial charge in [-0.05, 0) is 49.9 Å². The minimum Gasteiger partial charge on any atom is -0.481 e. The van der Waals surface area contributed by atoms with Gasteiger partial charge in [-0.15, -0.1) is 11.3 Å². The van der Waals surface area contributed by atoms with E-state index in [1.165, 1.54) is 23.6 Å². The van der Waals surface area contributed by atoms with Crippen LogP contribution in [0.25, 0.3) is 21.3 Å². The maximum atomic E-state index is 12.9. The lowest BCUT2D eigenvalue weighted by Gasteiger charge is -2.32. The number of aromatic amines is 1. The Morgan fingerprint density at radius 1 is 1.24 bits per heavy atom. The van der Waals surface area contributed by atoms with Crippen molar-refractivity contribution in [3.63, 3.8) is 0 Å². The highest BCUT2D eigenvalue weighted by Crippen LogP contribution is 2.43. The number of aliphatic hydroxyl groups is 1. The van der Waals surface area contributed by atoms with Gasteiger partial charge in [-0.25, -0.2) is 23.7 Å². The molecule has 0 aliphatic heterocycles. The summed E-state index contributed by atoms with van der Waals surface area (Å²) in [6.07, 6.45) is 3.70. The molecule has 5 rings (SSSR count). The third-order valence-electron chi connectivity index (χ3n) is 6.17. The number of hydrogen-bond acceptors (Lipinski definition) is 7. The third kappa shape index (κ3) is 4.24. The minimum atomic E-state index is -2.68. The number of anilines is 2. The van der Waals surface area contributed by atoms with E-state index < -0.39 is 23.9 Å². The van der Waals surface area contributed by atoms with Crippen LogP contribution in [0.1, 0.15) is 42.8 Å². The highest BCUT2D eigenvalue weighted by molar-refractivity contribution is 7.15. The zero-order chi connectivity index (χ0) is 23.9. The molecule has 0 bridgehead atoms. The number of thiazole rings is 1. The first-order valence-corrected chi connectivity index (χ1v) is 11.6. The van der Waals surface area contributed by atoms with E-state index >= 15 is 0 Å². The first-order chi connectivity index (χ1) is 16.3. The fraction of sp³-hybridized carbons (Fsp3) is 0.304. The van der Waals surface area contributed by atoms with Crippen LogP contribution in [0, 0.1) is 5.92 Å². The van der Waals surface area contributed by atoms with Gasteiger partial charge in [0, 0.05) is 40.7 Å². The Balaban J connectivity index is 1.40. The van der Waals surface area contributed by atoms with E-state index in [1.807, 2.05) is 18.3 Å². The molecule has 0 spiro atoms. The van der Waals surface area contributed by atoms with E-state index in [0.29, 0.717) is 36.4 Å². The van der Waals surface area contributed by atoms with Crippen LogP contribution in [0.15, 0.2) is 42.9 Å². The summed E-state index contributed by atoms with van der Waals surface area (Å²) in [6.45, 7) is 0. The van der Waals surface area contributed by atoms with Crippen LogP contribution in [0.4, 0.5) is 20.4 Å². The number of nitrogens with one attached hydrogen (secondary N) is 2. The van der Waals surface area contributed by atoms with Crippen molar-refractivity contribution in [2.75, 3.05) is 5.32 Å². The fourth-order valence-electron chi connectivity index (χ4n) is 4.26. The molecule has 4 N–H and O–H groups in total. The molecule has 1 fully saturated rings. The number of hydrogen-bond donors (Lipinski definition) is 4. The number of rotatable bonds is 6. The lowest BCUT2D eigenvalue weighted by molar-refractivity contribution is -0.145. The molecule has 3 aromatic heterocycles. The lowest BCUT2D eigenvalue weighted by Crippen LogP contribution is -2.33. The molecule has 0 saturated heterocycles. The van der Waals surface area contributed by atoms with E-state index in [-0.39, 0.29) is 11.6 Å². The molecule has 0 atom stereocenters. The van der Waals surface area contributed by atoms with Gasteiger partial charge in [-0.3, -0.25) is 4.79 Å². The maximum Gasteiger partial charge on any atom is 0.306 e. The number of aliphatic carboxylic acids is 1. The SMILES string of the molecule is O=C(O)[C@H]1CC[C@@](O)(c2ncc(-c3c[nH]c4ccc(Nc5nccc(C(F)F)n5)cc34)s2)CC1. The van der Waals surface area contributed by atoms with Gasteiger partial charge in [0.15, 0.2) is 0 Å². The van der Waals surface area contributed by atoms with Crippen molar-refractivity contribution in [2.24, 2.45) is 5.92 Å². The second-order valence-corrected chi connectivity index (χ2v) is 9.40. The summed E-state index contributed by atoms with van der Waals surface area (Å²) in [4.78, 5) is 27.6. The van der Waals surface area contributed by atoms with Gasteiger partial charge in [0.1, 0.15) is 16.3 Å². The van der Waals surface area contributed by atoms with Crippen LogP contribution in [0.3, 0.4) is 0 Å². The summed E-state index contributed by atoms with van der Waals surface area (Å²) in [5, 5.41) is 24.7. The molecule has 3 heterocycles. The number of fused-ring (bicyclic) bond motifs is 1. The minimum absolute atomic E-state index is 0.0773. The number of halogens is 2. The number of carboxylic acid groups (broad SMARTS) is 1. The monoisotopic (exact) mass is 485 g/mol. The van der Waals surface area contributed by atoms with E-state index in [2.05, 4.69) is 25.3 Å². The first kappa shape index (κ1) is 22.4. The zero-order valence-corrected chi connectivity index (χ0v) is 18.6. The fourth-order valence-corrected chi connectivity index (χ4v) is 5.35. The maximum absolute atomic E-state index is 12.9. The van der Waals surface area contributed by atoms with Gasteiger partial charge in [0.2, 0.25) is 5.95 Å². The highest BCUT2D eigenvalue weighted by atomic mass is 32.1. The Morgan fingerprint density at radius 3 is 2.76 bits per heavy atom. The van der Waals surface area contributed by atoms with Crippen molar-refractivity contribution in [1.29, 1.82) is 0 Å². The standard InChI is InChI=1S/C23H21F2N5O3S/c24-19(25)17-5-8-26-22(30-17)29-13-1-2-16-14(9-13)15(10-27-16)18-11-28-21(34-18)23(33)6-3-12(4-7-23)20(31)32/h1-2,5,8-12,19,27,33H,3-4,6-7H2,(H,31,32)(H,26,29,30)/t12-,23-. The molecule has 1 aromatic carbocycles. The van der Waals surface area contributed by atoms with E-state index in [1.54, 1.807) is 12.3 Å². The van der Waals surface area contributed by atoms with E-state index in [0.717, 1.165) is 21.3 Å². The summed E-state index contributed by atoms with van der Waals surface area (Å²) in [7, 11) is 0. The van der Waals surface area contributed by atoms with Crippen LogP contribution in [0.2, 0.25) is 0 Å². The summed E-state index contributed by atoms with van der Waals surface area (Å²) < 4.78 is 25.9. The Morgan fingerprint density at radius 2 is 2.03 bits per heavy atom. The Labute approximate surface area is 196 Å². The second-order valence-electron chi connectivity index (χ2n) is 8.37. The van der Waals surface area contributed by atoms with Gasteiger partial charge >= 0.3 is 5.97 Å². The molecular formula is C23H21F2N5O3S.